The monoisotopic (exact) mass is 413 g/mol. The molecule has 156 valence electrons. The van der Waals surface area contributed by atoms with Gasteiger partial charge in [-0.05, 0) is 36.6 Å². The molecular formula is C23H31N3O2S. The molecule has 1 unspecified atom stereocenters. The molecule has 1 aromatic heterocycles. The van der Waals surface area contributed by atoms with Crippen molar-refractivity contribution in [2.75, 3.05) is 39.4 Å². The largest absolute Gasteiger partial charge is 0.379 e. The number of amides is 1. The molecule has 1 saturated heterocycles. The molecule has 1 aliphatic heterocycles. The second-order valence-corrected chi connectivity index (χ2v) is 8.69. The molecule has 2 heterocycles. The fourth-order valence-corrected chi connectivity index (χ4v) is 4.34. The van der Waals surface area contributed by atoms with E-state index in [0.29, 0.717) is 6.54 Å². The minimum Gasteiger partial charge on any atom is -0.379 e. The molecule has 5 nitrogen and oxygen atoms in total. The molecule has 0 N–H and O–H groups in total. The predicted octanol–water partition coefficient (Wildman–Crippen LogP) is 3.45. The van der Waals surface area contributed by atoms with Crippen molar-refractivity contribution in [2.45, 2.75) is 30.9 Å². The van der Waals surface area contributed by atoms with Gasteiger partial charge in [-0.2, -0.15) is 0 Å². The Morgan fingerprint density at radius 3 is 2.59 bits per heavy atom. The predicted molar refractivity (Wildman–Crippen MR) is 119 cm³/mol. The summed E-state index contributed by atoms with van der Waals surface area (Å²) in [5, 5.41) is -0.0690. The standard InChI is InChI=1S/C23H31N3O2S/c1-20(29-19-22-6-3-2-4-7-22)23(27)26(18-21-8-10-24-11-9-21)13-5-12-25-14-16-28-17-15-25/h2-4,6-11,20H,5,12-19H2,1H3. The molecule has 1 amide bonds. The molecule has 6 heteroatoms. The molecule has 2 aromatic rings. The number of pyridine rings is 1. The number of ether oxygens (including phenoxy) is 1. The Bertz CT molecular complexity index is 723. The molecule has 3 rings (SSSR count). The topological polar surface area (TPSA) is 45.7 Å². The van der Waals surface area contributed by atoms with E-state index in [-0.39, 0.29) is 11.2 Å². The molecule has 0 bridgehead atoms. The summed E-state index contributed by atoms with van der Waals surface area (Å²) < 4.78 is 5.42. The first-order valence-corrected chi connectivity index (χ1v) is 11.4. The Morgan fingerprint density at radius 2 is 1.86 bits per heavy atom. The quantitative estimate of drug-likeness (QED) is 0.597. The Morgan fingerprint density at radius 1 is 1.14 bits per heavy atom. The average Bonchev–Trinajstić information content (AvgIpc) is 2.78. The summed E-state index contributed by atoms with van der Waals surface area (Å²) in [5.74, 6) is 1.06. The van der Waals surface area contributed by atoms with Crippen LogP contribution in [0, 0.1) is 0 Å². The number of carbonyl (C=O) groups excluding carboxylic acids is 1. The van der Waals surface area contributed by atoms with Crippen LogP contribution < -0.4 is 0 Å². The molecule has 1 aromatic carbocycles. The van der Waals surface area contributed by atoms with Crippen molar-refractivity contribution in [3.05, 3.63) is 66.0 Å². The van der Waals surface area contributed by atoms with Gasteiger partial charge in [0.15, 0.2) is 0 Å². The van der Waals surface area contributed by atoms with Crippen LogP contribution in [0.4, 0.5) is 0 Å². The number of rotatable bonds is 10. The zero-order valence-electron chi connectivity index (χ0n) is 17.2. The minimum absolute atomic E-state index is 0.0690. The van der Waals surface area contributed by atoms with Crippen molar-refractivity contribution in [3.63, 3.8) is 0 Å². The second-order valence-electron chi connectivity index (χ2n) is 7.36. The van der Waals surface area contributed by atoms with Gasteiger partial charge < -0.3 is 9.64 Å². The SMILES string of the molecule is CC(SCc1ccccc1)C(=O)N(CCCN1CCOCC1)Cc1ccncc1. The van der Waals surface area contributed by atoms with Gasteiger partial charge in [-0.25, -0.2) is 0 Å². The molecule has 1 fully saturated rings. The van der Waals surface area contributed by atoms with Crippen LogP contribution in [0.1, 0.15) is 24.5 Å². The Hall–Kier alpha value is -1.89. The van der Waals surface area contributed by atoms with Crippen molar-refractivity contribution in [1.29, 1.82) is 0 Å². The molecule has 0 radical (unpaired) electrons. The van der Waals surface area contributed by atoms with Gasteiger partial charge in [0, 0.05) is 50.9 Å². The van der Waals surface area contributed by atoms with Crippen molar-refractivity contribution in [1.82, 2.24) is 14.8 Å². The van der Waals surface area contributed by atoms with Gasteiger partial charge in [0.25, 0.3) is 0 Å². The van der Waals surface area contributed by atoms with Gasteiger partial charge >= 0.3 is 0 Å². The fraction of sp³-hybridized carbons (Fsp3) is 0.478. The van der Waals surface area contributed by atoms with Crippen molar-refractivity contribution in [2.24, 2.45) is 0 Å². The maximum absolute atomic E-state index is 13.2. The van der Waals surface area contributed by atoms with Gasteiger partial charge in [0.2, 0.25) is 5.91 Å². The zero-order chi connectivity index (χ0) is 20.3. The smallest absolute Gasteiger partial charge is 0.235 e. The number of nitrogens with zero attached hydrogens (tertiary/aromatic N) is 3. The van der Waals surface area contributed by atoms with E-state index in [2.05, 4.69) is 22.0 Å². The van der Waals surface area contributed by atoms with Crippen LogP contribution in [0.2, 0.25) is 0 Å². The van der Waals surface area contributed by atoms with Crippen LogP contribution >= 0.6 is 11.8 Å². The highest BCUT2D eigenvalue weighted by molar-refractivity contribution is 7.99. The van der Waals surface area contributed by atoms with Crippen molar-refractivity contribution in [3.8, 4) is 0 Å². The number of hydrogen-bond acceptors (Lipinski definition) is 5. The summed E-state index contributed by atoms with van der Waals surface area (Å²) in [7, 11) is 0. The van der Waals surface area contributed by atoms with E-state index in [4.69, 9.17) is 4.74 Å². The number of carbonyl (C=O) groups is 1. The highest BCUT2D eigenvalue weighted by atomic mass is 32.2. The summed E-state index contributed by atoms with van der Waals surface area (Å²) in [6.45, 7) is 8.05. The van der Waals surface area contributed by atoms with Gasteiger partial charge in [0.05, 0.1) is 18.5 Å². The highest BCUT2D eigenvalue weighted by Gasteiger charge is 2.21. The van der Waals surface area contributed by atoms with Crippen molar-refractivity contribution >= 4 is 17.7 Å². The van der Waals surface area contributed by atoms with Crippen molar-refractivity contribution < 1.29 is 9.53 Å². The van der Waals surface area contributed by atoms with E-state index < -0.39 is 0 Å². The third-order valence-electron chi connectivity index (χ3n) is 5.13. The minimum atomic E-state index is -0.0690. The van der Waals surface area contributed by atoms with Gasteiger partial charge in [-0.1, -0.05) is 30.3 Å². The molecule has 0 aliphatic carbocycles. The van der Waals surface area contributed by atoms with Gasteiger partial charge in [-0.3, -0.25) is 14.7 Å². The third-order valence-corrected chi connectivity index (χ3v) is 6.33. The zero-order valence-corrected chi connectivity index (χ0v) is 18.0. The lowest BCUT2D eigenvalue weighted by Crippen LogP contribution is -2.40. The third kappa shape index (κ3) is 7.46. The van der Waals surface area contributed by atoms with E-state index >= 15 is 0 Å². The number of aromatic nitrogens is 1. The summed E-state index contributed by atoms with van der Waals surface area (Å²) >= 11 is 1.71. The number of benzene rings is 1. The van der Waals surface area contributed by atoms with Gasteiger partial charge in [-0.15, -0.1) is 11.8 Å². The first kappa shape index (κ1) is 21.8. The van der Waals surface area contributed by atoms with E-state index in [1.807, 2.05) is 42.2 Å². The molecular weight excluding hydrogens is 382 g/mol. The Kier molecular flexibility index (Phi) is 8.99. The number of hydrogen-bond donors (Lipinski definition) is 0. The van der Waals surface area contributed by atoms with Crippen LogP contribution in [-0.2, 0) is 21.8 Å². The molecule has 1 aliphatic rings. The van der Waals surface area contributed by atoms with Gasteiger partial charge in [0.1, 0.15) is 0 Å². The highest BCUT2D eigenvalue weighted by Crippen LogP contribution is 2.20. The number of morpholine rings is 1. The summed E-state index contributed by atoms with van der Waals surface area (Å²) in [6.07, 6.45) is 4.56. The van der Waals surface area contributed by atoms with Crippen LogP contribution in [-0.4, -0.2) is 65.3 Å². The van der Waals surface area contributed by atoms with E-state index in [0.717, 1.165) is 57.1 Å². The second kappa shape index (κ2) is 12.0. The first-order valence-electron chi connectivity index (χ1n) is 10.4. The molecule has 29 heavy (non-hydrogen) atoms. The summed E-state index contributed by atoms with van der Waals surface area (Å²) in [4.78, 5) is 21.7. The Labute approximate surface area is 178 Å². The maximum Gasteiger partial charge on any atom is 0.235 e. The van der Waals surface area contributed by atoms with Crippen LogP contribution in [0.5, 0.6) is 0 Å². The molecule has 0 saturated carbocycles. The molecule has 1 atom stereocenters. The first-order chi connectivity index (χ1) is 14.2. The number of thioether (sulfide) groups is 1. The van der Waals surface area contributed by atoms with Crippen LogP contribution in [0.3, 0.4) is 0 Å². The Balaban J connectivity index is 1.55. The average molecular weight is 414 g/mol. The summed E-state index contributed by atoms with van der Waals surface area (Å²) in [5.41, 5.74) is 2.38. The lowest BCUT2D eigenvalue weighted by molar-refractivity contribution is -0.131. The van der Waals surface area contributed by atoms with E-state index in [1.54, 1.807) is 24.2 Å². The normalized spacial score (nSPS) is 15.8. The van der Waals surface area contributed by atoms with Crippen LogP contribution in [0.25, 0.3) is 0 Å². The summed E-state index contributed by atoms with van der Waals surface area (Å²) in [6, 6.07) is 14.3. The fourth-order valence-electron chi connectivity index (χ4n) is 3.41. The van der Waals surface area contributed by atoms with E-state index in [9.17, 15) is 4.79 Å². The van der Waals surface area contributed by atoms with E-state index in [1.165, 1.54) is 5.56 Å². The van der Waals surface area contributed by atoms with Crippen LogP contribution in [0.15, 0.2) is 54.9 Å². The maximum atomic E-state index is 13.2. The molecule has 0 spiro atoms. The lowest BCUT2D eigenvalue weighted by atomic mass is 10.2. The lowest BCUT2D eigenvalue weighted by Gasteiger charge is -2.29.